The molecule has 5 heteroatoms. The fourth-order valence-corrected chi connectivity index (χ4v) is 4.39. The zero-order valence-corrected chi connectivity index (χ0v) is 14.8. The first-order chi connectivity index (χ1) is 11.6. The number of nitrogens with one attached hydrogen (secondary N) is 1. The lowest BCUT2D eigenvalue weighted by atomic mass is 10.0. The van der Waals surface area contributed by atoms with Gasteiger partial charge in [-0.25, -0.2) is 8.42 Å². The van der Waals surface area contributed by atoms with Crippen LogP contribution < -0.4 is 5.32 Å². The van der Waals surface area contributed by atoms with Crippen molar-refractivity contribution < 1.29 is 8.42 Å². The van der Waals surface area contributed by atoms with Gasteiger partial charge in [0, 0.05) is 25.3 Å². The number of benzene rings is 2. The Morgan fingerprint density at radius 3 is 2.25 bits per heavy atom. The monoisotopic (exact) mass is 344 g/mol. The summed E-state index contributed by atoms with van der Waals surface area (Å²) in [6, 6.07) is 17.2. The van der Waals surface area contributed by atoms with Crippen molar-refractivity contribution in [2.75, 3.05) is 18.4 Å². The highest BCUT2D eigenvalue weighted by Gasteiger charge is 2.27. The van der Waals surface area contributed by atoms with Gasteiger partial charge in [0.15, 0.2) is 0 Å². The van der Waals surface area contributed by atoms with Gasteiger partial charge in [-0.05, 0) is 48.6 Å². The van der Waals surface area contributed by atoms with Gasteiger partial charge in [0.2, 0.25) is 10.0 Å². The van der Waals surface area contributed by atoms with Crippen LogP contribution in [-0.4, -0.2) is 25.8 Å². The lowest BCUT2D eigenvalue weighted by Crippen LogP contribution is -2.37. The predicted octanol–water partition coefficient (Wildman–Crippen LogP) is 3.72. The zero-order valence-electron chi connectivity index (χ0n) is 14.0. The fourth-order valence-electron chi connectivity index (χ4n) is 2.92. The summed E-state index contributed by atoms with van der Waals surface area (Å²) in [5.74, 6) is 0.612. The van der Waals surface area contributed by atoms with Crippen molar-refractivity contribution in [2.24, 2.45) is 5.92 Å². The molecule has 0 saturated carbocycles. The summed E-state index contributed by atoms with van der Waals surface area (Å²) in [6.07, 6.45) is 1.88. The molecule has 1 heterocycles. The van der Waals surface area contributed by atoms with Crippen LogP contribution in [0.2, 0.25) is 0 Å². The van der Waals surface area contributed by atoms with E-state index in [9.17, 15) is 8.42 Å². The van der Waals surface area contributed by atoms with E-state index in [-0.39, 0.29) is 0 Å². The molecular formula is C19H24N2O2S. The molecule has 0 bridgehead atoms. The SMILES string of the molecule is CC1CCN(S(=O)(=O)c2ccc(NCc3ccccc3)cc2)CC1. The summed E-state index contributed by atoms with van der Waals surface area (Å²) in [7, 11) is -3.36. The maximum atomic E-state index is 12.7. The number of anilines is 1. The number of rotatable bonds is 5. The van der Waals surface area contributed by atoms with Crippen LogP contribution in [0.15, 0.2) is 59.5 Å². The fraction of sp³-hybridized carbons (Fsp3) is 0.368. The highest BCUT2D eigenvalue weighted by Crippen LogP contribution is 2.24. The molecule has 0 atom stereocenters. The number of hydrogen-bond donors (Lipinski definition) is 1. The maximum absolute atomic E-state index is 12.7. The van der Waals surface area contributed by atoms with Crippen LogP contribution in [0.1, 0.15) is 25.3 Å². The van der Waals surface area contributed by atoms with E-state index in [2.05, 4.69) is 24.4 Å². The van der Waals surface area contributed by atoms with E-state index in [0.29, 0.717) is 23.9 Å². The zero-order chi connectivity index (χ0) is 17.0. The van der Waals surface area contributed by atoms with Crippen molar-refractivity contribution >= 4 is 15.7 Å². The largest absolute Gasteiger partial charge is 0.381 e. The number of piperidine rings is 1. The average Bonchev–Trinajstić information content (AvgIpc) is 2.61. The summed E-state index contributed by atoms with van der Waals surface area (Å²) < 4.78 is 27.0. The second-order valence-corrected chi connectivity index (χ2v) is 8.39. The van der Waals surface area contributed by atoms with Crippen LogP contribution in [-0.2, 0) is 16.6 Å². The summed E-state index contributed by atoms with van der Waals surface area (Å²) >= 11 is 0. The van der Waals surface area contributed by atoms with Crippen molar-refractivity contribution in [3.8, 4) is 0 Å². The Bertz CT molecular complexity index is 750. The molecule has 2 aromatic carbocycles. The molecule has 1 N–H and O–H groups in total. The van der Waals surface area contributed by atoms with Gasteiger partial charge < -0.3 is 5.32 Å². The minimum atomic E-state index is -3.36. The summed E-state index contributed by atoms with van der Waals surface area (Å²) in [4.78, 5) is 0.377. The van der Waals surface area contributed by atoms with Crippen LogP contribution in [0.5, 0.6) is 0 Å². The quantitative estimate of drug-likeness (QED) is 0.899. The molecule has 1 saturated heterocycles. The molecular weight excluding hydrogens is 320 g/mol. The van der Waals surface area contributed by atoms with E-state index in [0.717, 1.165) is 25.1 Å². The van der Waals surface area contributed by atoms with Crippen LogP contribution in [0, 0.1) is 5.92 Å². The third kappa shape index (κ3) is 3.97. The van der Waals surface area contributed by atoms with Gasteiger partial charge >= 0.3 is 0 Å². The summed E-state index contributed by atoms with van der Waals surface area (Å²) in [5.41, 5.74) is 2.11. The molecule has 4 nitrogen and oxygen atoms in total. The Morgan fingerprint density at radius 1 is 1.00 bits per heavy atom. The molecule has 128 valence electrons. The van der Waals surface area contributed by atoms with Crippen molar-refractivity contribution in [1.82, 2.24) is 4.31 Å². The van der Waals surface area contributed by atoms with E-state index < -0.39 is 10.0 Å². The van der Waals surface area contributed by atoms with Gasteiger partial charge in [0.1, 0.15) is 0 Å². The molecule has 0 unspecified atom stereocenters. The van der Waals surface area contributed by atoms with Crippen molar-refractivity contribution in [2.45, 2.75) is 31.2 Å². The third-order valence-electron chi connectivity index (χ3n) is 4.57. The maximum Gasteiger partial charge on any atom is 0.243 e. The molecule has 24 heavy (non-hydrogen) atoms. The Hall–Kier alpha value is -1.85. The lowest BCUT2D eigenvalue weighted by molar-refractivity contribution is 0.288. The summed E-state index contributed by atoms with van der Waals surface area (Å²) in [6.45, 7) is 4.14. The van der Waals surface area contributed by atoms with Crippen LogP contribution >= 0.6 is 0 Å². The smallest absolute Gasteiger partial charge is 0.243 e. The standard InChI is InChI=1S/C19H24N2O2S/c1-16-11-13-21(14-12-16)24(22,23)19-9-7-18(8-10-19)20-15-17-5-3-2-4-6-17/h2-10,16,20H,11-15H2,1H3. The Labute approximate surface area is 144 Å². The van der Waals surface area contributed by atoms with E-state index in [4.69, 9.17) is 0 Å². The van der Waals surface area contributed by atoms with Crippen LogP contribution in [0.4, 0.5) is 5.69 Å². The molecule has 0 aromatic heterocycles. The van der Waals surface area contributed by atoms with Crippen LogP contribution in [0.25, 0.3) is 0 Å². The molecule has 1 aliphatic heterocycles. The first-order valence-corrected chi connectivity index (χ1v) is 9.88. The first kappa shape index (κ1) is 17.0. The highest BCUT2D eigenvalue weighted by atomic mass is 32.2. The van der Waals surface area contributed by atoms with Crippen molar-refractivity contribution in [1.29, 1.82) is 0 Å². The highest BCUT2D eigenvalue weighted by molar-refractivity contribution is 7.89. The lowest BCUT2D eigenvalue weighted by Gasteiger charge is -2.29. The molecule has 0 spiro atoms. The number of sulfonamides is 1. The Balaban J connectivity index is 1.65. The third-order valence-corrected chi connectivity index (χ3v) is 6.49. The Morgan fingerprint density at radius 2 is 1.62 bits per heavy atom. The molecule has 2 aromatic rings. The van der Waals surface area contributed by atoms with Crippen molar-refractivity contribution in [3.05, 3.63) is 60.2 Å². The normalized spacial score (nSPS) is 16.9. The topological polar surface area (TPSA) is 49.4 Å². The van der Waals surface area contributed by atoms with Gasteiger partial charge in [0.05, 0.1) is 4.90 Å². The van der Waals surface area contributed by atoms with E-state index >= 15 is 0 Å². The molecule has 0 aliphatic carbocycles. The second-order valence-electron chi connectivity index (χ2n) is 6.45. The van der Waals surface area contributed by atoms with Gasteiger partial charge in [-0.3, -0.25) is 0 Å². The molecule has 0 radical (unpaired) electrons. The molecule has 0 amide bonds. The average molecular weight is 344 g/mol. The molecule has 3 rings (SSSR count). The van der Waals surface area contributed by atoms with Crippen molar-refractivity contribution in [3.63, 3.8) is 0 Å². The number of nitrogens with zero attached hydrogens (tertiary/aromatic N) is 1. The predicted molar refractivity (Wildman–Crippen MR) is 97.4 cm³/mol. The second kappa shape index (κ2) is 7.36. The van der Waals surface area contributed by atoms with Gasteiger partial charge in [-0.1, -0.05) is 37.3 Å². The number of hydrogen-bond acceptors (Lipinski definition) is 3. The molecule has 1 fully saturated rings. The van der Waals surface area contributed by atoms with Gasteiger partial charge in [-0.2, -0.15) is 4.31 Å². The van der Waals surface area contributed by atoms with Gasteiger partial charge in [-0.15, -0.1) is 0 Å². The van der Waals surface area contributed by atoms with E-state index in [1.165, 1.54) is 5.56 Å². The Kier molecular flexibility index (Phi) is 5.21. The van der Waals surface area contributed by atoms with E-state index in [1.807, 2.05) is 30.3 Å². The van der Waals surface area contributed by atoms with Gasteiger partial charge in [0.25, 0.3) is 0 Å². The first-order valence-electron chi connectivity index (χ1n) is 8.44. The van der Waals surface area contributed by atoms with Crippen LogP contribution in [0.3, 0.4) is 0 Å². The molecule has 1 aliphatic rings. The minimum absolute atomic E-state index is 0.377. The minimum Gasteiger partial charge on any atom is -0.381 e. The summed E-state index contributed by atoms with van der Waals surface area (Å²) in [5, 5.41) is 3.32. The van der Waals surface area contributed by atoms with E-state index in [1.54, 1.807) is 16.4 Å².